The molecule has 1 amide bonds. The first-order valence-electron chi connectivity index (χ1n) is 9.27. The molecule has 1 aromatic carbocycles. The zero-order valence-corrected chi connectivity index (χ0v) is 15.8. The summed E-state index contributed by atoms with van der Waals surface area (Å²) in [6, 6.07) is 7.09. The minimum absolute atomic E-state index is 0.0250. The Morgan fingerprint density at radius 2 is 2.17 bits per heavy atom. The molecule has 10 heteroatoms. The van der Waals surface area contributed by atoms with E-state index >= 15 is 0 Å². The molecule has 0 radical (unpaired) electrons. The molecule has 0 spiro atoms. The Bertz CT molecular complexity index is 1040. The molecule has 7 nitrogen and oxygen atoms in total. The Morgan fingerprint density at radius 1 is 1.37 bits per heavy atom. The number of aromatic nitrogens is 2. The van der Waals surface area contributed by atoms with E-state index in [0.29, 0.717) is 17.0 Å². The van der Waals surface area contributed by atoms with Crippen LogP contribution in [0, 0.1) is 0 Å². The van der Waals surface area contributed by atoms with Crippen LogP contribution >= 0.6 is 0 Å². The maximum absolute atomic E-state index is 13.7. The highest BCUT2D eigenvalue weighted by Gasteiger charge is 2.47. The predicted octanol–water partition coefficient (Wildman–Crippen LogP) is 4.44. The van der Waals surface area contributed by atoms with Gasteiger partial charge in [-0.25, -0.2) is 4.68 Å². The Balaban J connectivity index is 1.66. The summed E-state index contributed by atoms with van der Waals surface area (Å²) >= 11 is 0. The number of nitrogens with zero attached hydrogens (tertiary/aromatic N) is 2. The molecule has 0 bridgehead atoms. The van der Waals surface area contributed by atoms with E-state index < -0.39 is 30.3 Å². The lowest BCUT2D eigenvalue weighted by Crippen LogP contribution is -2.36. The number of anilines is 2. The second kappa shape index (κ2) is 7.52. The van der Waals surface area contributed by atoms with Crippen molar-refractivity contribution in [2.24, 2.45) is 0 Å². The molecule has 30 heavy (non-hydrogen) atoms. The van der Waals surface area contributed by atoms with Crippen molar-refractivity contribution in [3.63, 3.8) is 0 Å². The van der Waals surface area contributed by atoms with Crippen molar-refractivity contribution < 1.29 is 27.5 Å². The Morgan fingerprint density at radius 3 is 2.83 bits per heavy atom. The second-order valence-corrected chi connectivity index (χ2v) is 7.11. The molecule has 1 aliphatic rings. The maximum Gasteiger partial charge on any atom is 0.410 e. The first-order chi connectivity index (χ1) is 14.2. The molecule has 3 heterocycles. The highest BCUT2D eigenvalue weighted by Crippen LogP contribution is 2.44. The number of carbonyl (C=O) groups is 1. The lowest BCUT2D eigenvalue weighted by molar-refractivity contribution is -0.174. The molecule has 0 saturated heterocycles. The highest BCUT2D eigenvalue weighted by atomic mass is 19.4. The third-order valence-corrected chi connectivity index (χ3v) is 5.00. The van der Waals surface area contributed by atoms with Gasteiger partial charge in [-0.1, -0.05) is 12.1 Å². The summed E-state index contributed by atoms with van der Waals surface area (Å²) in [4.78, 5) is 12.8. The number of furan rings is 1. The number of fused-ring (bicyclic) bond motifs is 1. The van der Waals surface area contributed by atoms with E-state index in [2.05, 4.69) is 15.7 Å². The topological polar surface area (TPSA) is 92.3 Å². The third-order valence-electron chi connectivity index (χ3n) is 5.00. The fourth-order valence-corrected chi connectivity index (χ4v) is 3.48. The standard InChI is InChI=1S/C20H19F3N4O3/c1-11(28)12-4-2-5-13(8-12)25-19(29)14-10-24-27-17(20(21,22)23)9-15(26-18(14)27)16-6-3-7-30-16/h2-8,10-11,15,17,26,28H,9H2,1H3,(H,25,29)/t11-,15+,17+/m0/s1. The van der Waals surface area contributed by atoms with Crippen molar-refractivity contribution >= 4 is 17.4 Å². The van der Waals surface area contributed by atoms with Crippen LogP contribution in [-0.2, 0) is 0 Å². The van der Waals surface area contributed by atoms with Gasteiger partial charge < -0.3 is 20.2 Å². The summed E-state index contributed by atoms with van der Waals surface area (Å²) in [6.07, 6.45) is -3.10. The molecular formula is C20H19F3N4O3. The Kier molecular flexibility index (Phi) is 5.02. The molecule has 3 N–H and O–H groups in total. The summed E-state index contributed by atoms with van der Waals surface area (Å²) in [6.45, 7) is 1.59. The van der Waals surface area contributed by atoms with Gasteiger partial charge in [0.2, 0.25) is 0 Å². The fourth-order valence-electron chi connectivity index (χ4n) is 3.48. The molecule has 158 valence electrons. The zero-order valence-electron chi connectivity index (χ0n) is 15.8. The second-order valence-electron chi connectivity index (χ2n) is 7.11. The van der Waals surface area contributed by atoms with Gasteiger partial charge in [-0.05, 0) is 36.8 Å². The van der Waals surface area contributed by atoms with Crippen LogP contribution in [0.15, 0.2) is 53.3 Å². The van der Waals surface area contributed by atoms with Crippen LogP contribution in [0.3, 0.4) is 0 Å². The number of nitrogens with one attached hydrogen (secondary N) is 2. The van der Waals surface area contributed by atoms with E-state index in [1.54, 1.807) is 43.3 Å². The number of halogens is 3. The van der Waals surface area contributed by atoms with Gasteiger partial charge in [0.15, 0.2) is 6.04 Å². The molecule has 3 atom stereocenters. The van der Waals surface area contributed by atoms with E-state index in [1.807, 2.05) is 0 Å². The SMILES string of the molecule is C[C@H](O)c1cccc(NC(=O)c2cnn3c2N[C@@H](c2ccco2)C[C@@H]3C(F)(F)F)c1. The van der Waals surface area contributed by atoms with Crippen LogP contribution in [0.25, 0.3) is 0 Å². The van der Waals surface area contributed by atoms with Gasteiger partial charge in [-0.15, -0.1) is 0 Å². The summed E-state index contributed by atoms with van der Waals surface area (Å²) in [5.41, 5.74) is 0.977. The van der Waals surface area contributed by atoms with Crippen LogP contribution < -0.4 is 10.6 Å². The van der Waals surface area contributed by atoms with Crippen molar-refractivity contribution in [3.8, 4) is 0 Å². The minimum Gasteiger partial charge on any atom is -0.467 e. The minimum atomic E-state index is -4.55. The normalized spacial score (nSPS) is 19.6. The van der Waals surface area contributed by atoms with Crippen LogP contribution in [0.5, 0.6) is 0 Å². The van der Waals surface area contributed by atoms with E-state index in [1.165, 1.54) is 6.26 Å². The first-order valence-corrected chi connectivity index (χ1v) is 9.27. The van der Waals surface area contributed by atoms with Gasteiger partial charge in [0.25, 0.3) is 5.91 Å². The predicted molar refractivity (Wildman–Crippen MR) is 102 cm³/mol. The summed E-state index contributed by atoms with van der Waals surface area (Å²) in [7, 11) is 0. The number of aliphatic hydroxyl groups excluding tert-OH is 1. The Hall–Kier alpha value is -3.27. The van der Waals surface area contributed by atoms with Gasteiger partial charge in [0, 0.05) is 12.1 Å². The van der Waals surface area contributed by atoms with Crippen LogP contribution in [0.4, 0.5) is 24.7 Å². The average Bonchev–Trinajstić information content (AvgIpc) is 3.36. The fraction of sp³-hybridized carbons (Fsp3) is 0.300. The van der Waals surface area contributed by atoms with Gasteiger partial charge in [0.05, 0.1) is 24.6 Å². The number of amides is 1. The van der Waals surface area contributed by atoms with E-state index in [0.717, 1.165) is 10.9 Å². The summed E-state index contributed by atoms with van der Waals surface area (Å²) < 4.78 is 47.1. The number of aliphatic hydroxyl groups is 1. The number of benzene rings is 1. The molecule has 3 aromatic rings. The van der Waals surface area contributed by atoms with Gasteiger partial charge in [-0.2, -0.15) is 18.3 Å². The third kappa shape index (κ3) is 3.78. The first kappa shape index (κ1) is 20.0. The molecule has 0 unspecified atom stereocenters. The maximum atomic E-state index is 13.7. The van der Waals surface area contributed by atoms with Gasteiger partial charge >= 0.3 is 6.18 Å². The molecule has 0 fully saturated rings. The van der Waals surface area contributed by atoms with Crippen LogP contribution in [0.2, 0.25) is 0 Å². The van der Waals surface area contributed by atoms with E-state index in [-0.39, 0.29) is 17.8 Å². The number of carbonyl (C=O) groups excluding carboxylic acids is 1. The highest BCUT2D eigenvalue weighted by molar-refractivity contribution is 6.07. The molecule has 4 rings (SSSR count). The quantitative estimate of drug-likeness (QED) is 0.580. The smallest absolute Gasteiger partial charge is 0.410 e. The average molecular weight is 420 g/mol. The number of rotatable bonds is 4. The van der Waals surface area contributed by atoms with Crippen molar-refractivity contribution in [2.75, 3.05) is 10.6 Å². The number of alkyl halides is 3. The van der Waals surface area contributed by atoms with Crippen LogP contribution in [-0.4, -0.2) is 27.0 Å². The van der Waals surface area contributed by atoms with Crippen molar-refractivity contribution in [2.45, 2.75) is 37.7 Å². The lowest BCUT2D eigenvalue weighted by atomic mass is 10.0. The van der Waals surface area contributed by atoms with Crippen molar-refractivity contribution in [1.82, 2.24) is 9.78 Å². The molecule has 2 aromatic heterocycles. The summed E-state index contributed by atoms with van der Waals surface area (Å²) in [5.74, 6) is -0.311. The van der Waals surface area contributed by atoms with Gasteiger partial charge in [-0.3, -0.25) is 4.79 Å². The van der Waals surface area contributed by atoms with Crippen molar-refractivity contribution in [3.05, 3.63) is 65.7 Å². The largest absolute Gasteiger partial charge is 0.467 e. The summed E-state index contributed by atoms with van der Waals surface area (Å²) in [5, 5.41) is 19.1. The molecular weight excluding hydrogens is 401 g/mol. The monoisotopic (exact) mass is 420 g/mol. The zero-order chi connectivity index (χ0) is 21.5. The van der Waals surface area contributed by atoms with E-state index in [9.17, 15) is 23.1 Å². The molecule has 0 aliphatic carbocycles. The Labute approximate surface area is 169 Å². The van der Waals surface area contributed by atoms with Gasteiger partial charge in [0.1, 0.15) is 17.1 Å². The number of hydrogen-bond acceptors (Lipinski definition) is 5. The molecule has 0 saturated carbocycles. The lowest BCUT2D eigenvalue weighted by Gasteiger charge is -2.32. The number of hydrogen-bond donors (Lipinski definition) is 3. The van der Waals surface area contributed by atoms with E-state index in [4.69, 9.17) is 4.42 Å². The van der Waals surface area contributed by atoms with Crippen molar-refractivity contribution in [1.29, 1.82) is 0 Å². The van der Waals surface area contributed by atoms with Crippen LogP contribution in [0.1, 0.15) is 53.2 Å². The molecule has 1 aliphatic heterocycles.